The molecule has 100 valence electrons. The third-order valence-corrected chi connectivity index (χ3v) is 3.41. The van der Waals surface area contributed by atoms with Crippen molar-refractivity contribution in [2.45, 2.75) is 39.3 Å². The van der Waals surface area contributed by atoms with Crippen LogP contribution >= 0.6 is 0 Å². The van der Waals surface area contributed by atoms with E-state index in [1.807, 2.05) is 13.8 Å². The van der Waals surface area contributed by atoms with E-state index < -0.39 is 0 Å². The highest BCUT2D eigenvalue weighted by molar-refractivity contribution is 5.06. The van der Waals surface area contributed by atoms with E-state index in [-0.39, 0.29) is 23.6 Å². The van der Waals surface area contributed by atoms with Crippen LogP contribution in [0.1, 0.15) is 33.2 Å². The second-order valence-corrected chi connectivity index (χ2v) is 5.16. The van der Waals surface area contributed by atoms with Crippen molar-refractivity contribution in [3.05, 3.63) is 22.7 Å². The van der Waals surface area contributed by atoms with Crippen molar-refractivity contribution >= 4 is 0 Å². The minimum absolute atomic E-state index is 0.0296. The van der Waals surface area contributed by atoms with Gasteiger partial charge in [-0.25, -0.2) is 4.98 Å². The molecular weight excluding hydrogens is 230 g/mol. The minimum atomic E-state index is -0.148. The van der Waals surface area contributed by atoms with E-state index in [0.717, 1.165) is 19.5 Å². The van der Waals surface area contributed by atoms with Crippen molar-refractivity contribution in [1.29, 1.82) is 0 Å². The molecule has 1 aromatic rings. The van der Waals surface area contributed by atoms with Gasteiger partial charge in [-0.1, -0.05) is 6.92 Å². The van der Waals surface area contributed by atoms with E-state index in [9.17, 15) is 4.79 Å². The van der Waals surface area contributed by atoms with Crippen LogP contribution in [-0.2, 0) is 0 Å². The van der Waals surface area contributed by atoms with E-state index in [4.69, 9.17) is 4.74 Å². The Morgan fingerprint density at radius 3 is 3.00 bits per heavy atom. The Morgan fingerprint density at radius 2 is 2.33 bits per heavy atom. The van der Waals surface area contributed by atoms with Gasteiger partial charge in [-0.05, 0) is 32.7 Å². The molecule has 1 aliphatic heterocycles. The Hall–Kier alpha value is -1.36. The molecule has 5 nitrogen and oxygen atoms in total. The van der Waals surface area contributed by atoms with Crippen LogP contribution in [0.5, 0.6) is 5.88 Å². The Bertz CT molecular complexity index is 456. The zero-order valence-corrected chi connectivity index (χ0v) is 11.2. The van der Waals surface area contributed by atoms with E-state index in [1.165, 1.54) is 0 Å². The summed E-state index contributed by atoms with van der Waals surface area (Å²) in [7, 11) is 0. The molecule has 0 bridgehead atoms. The summed E-state index contributed by atoms with van der Waals surface area (Å²) in [6, 6.07) is 0.116. The molecule has 0 aliphatic carbocycles. The van der Waals surface area contributed by atoms with E-state index in [0.29, 0.717) is 5.92 Å². The highest BCUT2D eigenvalue weighted by Crippen LogP contribution is 2.16. The van der Waals surface area contributed by atoms with Gasteiger partial charge >= 0.3 is 5.56 Å². The summed E-state index contributed by atoms with van der Waals surface area (Å²) in [5.41, 5.74) is -0.148. The van der Waals surface area contributed by atoms with Crippen LogP contribution in [0.3, 0.4) is 0 Å². The van der Waals surface area contributed by atoms with Crippen LogP contribution in [-0.4, -0.2) is 28.7 Å². The first-order chi connectivity index (χ1) is 8.59. The lowest BCUT2D eigenvalue weighted by Crippen LogP contribution is -2.44. The Kier molecular flexibility index (Phi) is 4.01. The molecular formula is C13H21N3O2. The maximum atomic E-state index is 12.1. The lowest BCUT2D eigenvalue weighted by atomic mass is 9.97. The normalized spacial score (nSPS) is 24.2. The summed E-state index contributed by atoms with van der Waals surface area (Å²) in [5.74, 6) is 0.659. The van der Waals surface area contributed by atoms with Gasteiger partial charge in [0.1, 0.15) is 6.10 Å². The third kappa shape index (κ3) is 2.72. The highest BCUT2D eigenvalue weighted by Gasteiger charge is 2.24. The van der Waals surface area contributed by atoms with Crippen molar-refractivity contribution in [2.75, 3.05) is 13.1 Å². The molecule has 0 saturated carbocycles. The van der Waals surface area contributed by atoms with Crippen LogP contribution in [0.25, 0.3) is 0 Å². The second-order valence-electron chi connectivity index (χ2n) is 5.16. The predicted molar refractivity (Wildman–Crippen MR) is 69.9 cm³/mol. The summed E-state index contributed by atoms with van der Waals surface area (Å²) >= 11 is 0. The van der Waals surface area contributed by atoms with Crippen LogP contribution in [0.2, 0.25) is 0 Å². The number of ether oxygens (including phenoxy) is 1. The molecule has 2 heterocycles. The average Bonchev–Trinajstić information content (AvgIpc) is 2.34. The third-order valence-electron chi connectivity index (χ3n) is 3.41. The average molecular weight is 251 g/mol. The van der Waals surface area contributed by atoms with Crippen molar-refractivity contribution in [2.24, 2.45) is 5.92 Å². The molecule has 2 rings (SSSR count). The Morgan fingerprint density at radius 1 is 1.56 bits per heavy atom. The van der Waals surface area contributed by atoms with Gasteiger partial charge in [0, 0.05) is 25.0 Å². The first-order valence-electron chi connectivity index (χ1n) is 6.54. The monoisotopic (exact) mass is 251 g/mol. The van der Waals surface area contributed by atoms with Crippen LogP contribution < -0.4 is 15.6 Å². The first-order valence-corrected chi connectivity index (χ1v) is 6.54. The molecule has 1 aliphatic rings. The topological polar surface area (TPSA) is 56.1 Å². The number of nitrogens with zero attached hydrogens (tertiary/aromatic N) is 2. The van der Waals surface area contributed by atoms with Crippen LogP contribution in [0.15, 0.2) is 17.2 Å². The fourth-order valence-corrected chi connectivity index (χ4v) is 2.16. The molecule has 1 N–H and O–H groups in total. The number of aromatic nitrogens is 2. The van der Waals surface area contributed by atoms with Crippen molar-refractivity contribution in [3.8, 4) is 5.88 Å². The highest BCUT2D eigenvalue weighted by atomic mass is 16.5. The van der Waals surface area contributed by atoms with Gasteiger partial charge < -0.3 is 14.6 Å². The van der Waals surface area contributed by atoms with Gasteiger partial charge in [0.05, 0.1) is 0 Å². The van der Waals surface area contributed by atoms with E-state index in [2.05, 4.69) is 17.2 Å². The van der Waals surface area contributed by atoms with Gasteiger partial charge in [-0.2, -0.15) is 0 Å². The maximum Gasteiger partial charge on any atom is 0.313 e. The smallest absolute Gasteiger partial charge is 0.313 e. The van der Waals surface area contributed by atoms with Crippen LogP contribution in [0, 0.1) is 5.92 Å². The SMILES string of the molecule is CC1CCNCC1Oc1nccn(C(C)C)c1=O. The predicted octanol–water partition coefficient (Wildman–Crippen LogP) is 1.20. The summed E-state index contributed by atoms with van der Waals surface area (Å²) in [5, 5.41) is 3.28. The Labute approximate surface area is 107 Å². The molecule has 1 saturated heterocycles. The lowest BCUT2D eigenvalue weighted by Gasteiger charge is -2.29. The van der Waals surface area contributed by atoms with Gasteiger partial charge in [0.2, 0.25) is 0 Å². The molecule has 5 heteroatoms. The summed E-state index contributed by atoms with van der Waals surface area (Å²) in [6.07, 6.45) is 4.41. The van der Waals surface area contributed by atoms with E-state index >= 15 is 0 Å². The quantitative estimate of drug-likeness (QED) is 0.877. The van der Waals surface area contributed by atoms with Gasteiger partial charge in [-0.15, -0.1) is 0 Å². The van der Waals surface area contributed by atoms with Gasteiger partial charge in [0.15, 0.2) is 0 Å². The molecule has 2 atom stereocenters. The molecule has 2 unspecified atom stereocenters. The molecule has 1 aromatic heterocycles. The Balaban J connectivity index is 2.18. The zero-order valence-electron chi connectivity index (χ0n) is 11.2. The number of nitrogens with one attached hydrogen (secondary N) is 1. The number of hydrogen-bond acceptors (Lipinski definition) is 4. The van der Waals surface area contributed by atoms with Gasteiger partial charge in [0.25, 0.3) is 5.88 Å². The fraction of sp³-hybridized carbons (Fsp3) is 0.692. The molecule has 0 spiro atoms. The number of rotatable bonds is 3. The maximum absolute atomic E-state index is 12.1. The standard InChI is InChI=1S/C13H21N3O2/c1-9(2)16-7-6-15-12(13(16)17)18-11-8-14-5-4-10(11)3/h6-7,9-11,14H,4-5,8H2,1-3H3. The molecule has 1 fully saturated rings. The van der Waals surface area contributed by atoms with Crippen LogP contribution in [0.4, 0.5) is 0 Å². The minimum Gasteiger partial charge on any atom is -0.469 e. The molecule has 18 heavy (non-hydrogen) atoms. The van der Waals surface area contributed by atoms with Gasteiger partial charge in [-0.3, -0.25) is 4.79 Å². The molecule has 0 amide bonds. The van der Waals surface area contributed by atoms with E-state index in [1.54, 1.807) is 17.0 Å². The lowest BCUT2D eigenvalue weighted by molar-refractivity contribution is 0.107. The summed E-state index contributed by atoms with van der Waals surface area (Å²) in [4.78, 5) is 16.2. The molecule has 0 aromatic carbocycles. The van der Waals surface area contributed by atoms with Crippen molar-refractivity contribution < 1.29 is 4.74 Å². The first kappa shape index (κ1) is 13.1. The summed E-state index contributed by atoms with van der Waals surface area (Å²) in [6.45, 7) is 7.87. The number of hydrogen-bond donors (Lipinski definition) is 1. The van der Waals surface area contributed by atoms with Crippen molar-refractivity contribution in [1.82, 2.24) is 14.9 Å². The fourth-order valence-electron chi connectivity index (χ4n) is 2.16. The summed E-state index contributed by atoms with van der Waals surface area (Å²) < 4.78 is 7.42. The largest absolute Gasteiger partial charge is 0.469 e. The second kappa shape index (κ2) is 5.52. The number of piperidine rings is 1. The molecule has 0 radical (unpaired) electrons. The zero-order chi connectivity index (χ0) is 13.1. The van der Waals surface area contributed by atoms with Crippen molar-refractivity contribution in [3.63, 3.8) is 0 Å².